The van der Waals surface area contributed by atoms with Crippen molar-refractivity contribution in [2.24, 2.45) is 4.99 Å². The number of hydrogen-bond acceptors (Lipinski definition) is 5. The summed E-state index contributed by atoms with van der Waals surface area (Å²) in [6, 6.07) is 2.12. The molecule has 0 N–H and O–H groups in total. The highest BCUT2D eigenvalue weighted by molar-refractivity contribution is 7.08. The molecule has 0 aliphatic carbocycles. The van der Waals surface area contributed by atoms with E-state index in [0.29, 0.717) is 12.4 Å². The molecule has 2 rings (SSSR count). The minimum absolute atomic E-state index is 0.101. The van der Waals surface area contributed by atoms with Gasteiger partial charge in [-0.15, -0.1) is 0 Å². The average Bonchev–Trinajstić information content (AvgIpc) is 3.03. The minimum atomic E-state index is -0.326. The second-order valence-electron chi connectivity index (χ2n) is 4.90. The topological polar surface area (TPSA) is 58.7 Å². The predicted molar refractivity (Wildman–Crippen MR) is 82.7 cm³/mol. The van der Waals surface area contributed by atoms with Crippen molar-refractivity contribution in [2.75, 3.05) is 13.1 Å². The Kier molecular flexibility index (Phi) is 4.89. The molecule has 6 heteroatoms. The van der Waals surface area contributed by atoms with Gasteiger partial charge in [-0.2, -0.15) is 11.3 Å². The van der Waals surface area contributed by atoms with Gasteiger partial charge in [0.15, 0.2) is 0 Å². The van der Waals surface area contributed by atoms with Crippen molar-refractivity contribution >= 4 is 23.2 Å². The lowest BCUT2D eigenvalue weighted by molar-refractivity contribution is -0.414. The summed E-state index contributed by atoms with van der Waals surface area (Å²) in [4.78, 5) is 17.5. The van der Waals surface area contributed by atoms with E-state index in [2.05, 4.69) is 23.7 Å². The van der Waals surface area contributed by atoms with Crippen molar-refractivity contribution in [3.05, 3.63) is 38.2 Å². The monoisotopic (exact) mass is 293 g/mol. The Hall–Kier alpha value is -1.69. The van der Waals surface area contributed by atoms with Crippen LogP contribution in [0.3, 0.4) is 0 Å². The molecule has 0 saturated carbocycles. The van der Waals surface area contributed by atoms with Crippen molar-refractivity contribution in [1.29, 1.82) is 0 Å². The van der Waals surface area contributed by atoms with E-state index in [1.165, 1.54) is 11.3 Å². The molecule has 0 fully saturated rings. The van der Waals surface area contributed by atoms with Crippen LogP contribution in [-0.4, -0.2) is 34.8 Å². The molecule has 1 atom stereocenters. The predicted octanol–water partition coefficient (Wildman–Crippen LogP) is 3.27. The molecule has 1 aromatic heterocycles. The lowest BCUT2D eigenvalue weighted by Gasteiger charge is -2.23. The average molecular weight is 293 g/mol. The molecule has 1 unspecified atom stereocenters. The molecule has 2 heterocycles. The van der Waals surface area contributed by atoms with Gasteiger partial charge in [0.05, 0.1) is 11.5 Å². The van der Waals surface area contributed by atoms with Crippen LogP contribution in [0.25, 0.3) is 6.08 Å². The Labute approximate surface area is 122 Å². The lowest BCUT2D eigenvalue weighted by atomic mass is 10.2. The van der Waals surface area contributed by atoms with E-state index in [0.717, 1.165) is 24.9 Å². The van der Waals surface area contributed by atoms with E-state index >= 15 is 0 Å². The van der Waals surface area contributed by atoms with Crippen LogP contribution in [0.2, 0.25) is 0 Å². The number of amidine groups is 1. The van der Waals surface area contributed by atoms with Gasteiger partial charge in [-0.25, -0.2) is 0 Å². The highest BCUT2D eigenvalue weighted by atomic mass is 32.1. The number of nitrogens with zero attached hydrogens (tertiary/aromatic N) is 3. The van der Waals surface area contributed by atoms with Gasteiger partial charge in [0.2, 0.25) is 5.84 Å². The largest absolute Gasteiger partial charge is 0.347 e. The van der Waals surface area contributed by atoms with Crippen LogP contribution < -0.4 is 0 Å². The highest BCUT2D eigenvalue weighted by Gasteiger charge is 2.32. The van der Waals surface area contributed by atoms with Crippen LogP contribution in [0.1, 0.15) is 32.3 Å². The molecule has 0 radical (unpaired) electrons. The minimum Gasteiger partial charge on any atom is -0.347 e. The van der Waals surface area contributed by atoms with Gasteiger partial charge >= 0.3 is 5.70 Å². The van der Waals surface area contributed by atoms with Crippen molar-refractivity contribution in [2.45, 2.75) is 32.7 Å². The lowest BCUT2D eigenvalue weighted by Crippen LogP contribution is -2.37. The Bertz CT molecular complexity index is 523. The van der Waals surface area contributed by atoms with Gasteiger partial charge in [0, 0.05) is 18.7 Å². The van der Waals surface area contributed by atoms with Gasteiger partial charge in [-0.1, -0.05) is 13.3 Å². The molecule has 1 aliphatic rings. The Balaban J connectivity index is 2.27. The number of nitro groups is 1. The normalized spacial score (nSPS) is 19.3. The quantitative estimate of drug-likeness (QED) is 0.597. The molecule has 0 bridgehead atoms. The summed E-state index contributed by atoms with van der Waals surface area (Å²) < 4.78 is 0. The van der Waals surface area contributed by atoms with Crippen molar-refractivity contribution in [3.63, 3.8) is 0 Å². The Morgan fingerprint density at radius 3 is 3.10 bits per heavy atom. The maximum absolute atomic E-state index is 11.4. The SMILES string of the molecule is CCCCN1C(C(=Cc2ccsc2)[N+](=O)[O-])=NCC1C. The van der Waals surface area contributed by atoms with Crippen molar-refractivity contribution in [1.82, 2.24) is 4.90 Å². The van der Waals surface area contributed by atoms with E-state index in [4.69, 9.17) is 0 Å². The maximum Gasteiger partial charge on any atom is 0.311 e. The molecule has 5 nitrogen and oxygen atoms in total. The van der Waals surface area contributed by atoms with Crippen LogP contribution in [-0.2, 0) is 0 Å². The summed E-state index contributed by atoms with van der Waals surface area (Å²) in [5.74, 6) is 0.530. The second-order valence-corrected chi connectivity index (χ2v) is 5.68. The van der Waals surface area contributed by atoms with E-state index in [-0.39, 0.29) is 16.7 Å². The molecular formula is C14H19N3O2S. The molecule has 0 spiro atoms. The fourth-order valence-electron chi connectivity index (χ4n) is 2.21. The van der Waals surface area contributed by atoms with Crippen LogP contribution in [0, 0.1) is 10.1 Å². The molecule has 108 valence electrons. The van der Waals surface area contributed by atoms with Gasteiger partial charge in [-0.05, 0) is 35.7 Å². The molecule has 1 aliphatic heterocycles. The number of hydrogen-bond donors (Lipinski definition) is 0. The molecule has 20 heavy (non-hydrogen) atoms. The van der Waals surface area contributed by atoms with Crippen molar-refractivity contribution < 1.29 is 4.92 Å². The maximum atomic E-state index is 11.4. The first kappa shape index (κ1) is 14.7. The second kappa shape index (κ2) is 6.65. The first-order valence-corrected chi connectivity index (χ1v) is 7.77. The number of thiophene rings is 1. The highest BCUT2D eigenvalue weighted by Crippen LogP contribution is 2.20. The van der Waals surface area contributed by atoms with Crippen LogP contribution in [0.15, 0.2) is 27.5 Å². The van der Waals surface area contributed by atoms with E-state index in [1.807, 2.05) is 16.8 Å². The zero-order valence-electron chi connectivity index (χ0n) is 11.8. The fourth-order valence-corrected chi connectivity index (χ4v) is 2.83. The Morgan fingerprint density at radius 1 is 1.70 bits per heavy atom. The first-order valence-electron chi connectivity index (χ1n) is 6.83. The van der Waals surface area contributed by atoms with Gasteiger partial charge in [0.25, 0.3) is 0 Å². The van der Waals surface area contributed by atoms with Gasteiger partial charge < -0.3 is 4.90 Å². The molecule has 1 aromatic rings. The third-order valence-corrected chi connectivity index (χ3v) is 4.04. The standard InChI is InChI=1S/C14H19N3O2S/c1-3-4-6-16-11(2)9-15-14(16)13(17(18)19)8-12-5-7-20-10-12/h5,7-8,10-11H,3-4,6,9H2,1-2H3. The third-order valence-electron chi connectivity index (χ3n) is 3.33. The summed E-state index contributed by atoms with van der Waals surface area (Å²) >= 11 is 1.53. The summed E-state index contributed by atoms with van der Waals surface area (Å²) in [5, 5.41) is 15.2. The first-order chi connectivity index (χ1) is 9.63. The molecule has 0 aromatic carbocycles. The zero-order valence-corrected chi connectivity index (χ0v) is 12.6. The van der Waals surface area contributed by atoms with Gasteiger partial charge in [-0.3, -0.25) is 15.1 Å². The smallest absolute Gasteiger partial charge is 0.311 e. The molecular weight excluding hydrogens is 274 g/mol. The van der Waals surface area contributed by atoms with E-state index in [1.54, 1.807) is 6.08 Å². The Morgan fingerprint density at radius 2 is 2.50 bits per heavy atom. The van der Waals surface area contributed by atoms with Gasteiger partial charge in [0.1, 0.15) is 0 Å². The van der Waals surface area contributed by atoms with E-state index < -0.39 is 0 Å². The fraction of sp³-hybridized carbons (Fsp3) is 0.500. The van der Waals surface area contributed by atoms with Crippen molar-refractivity contribution in [3.8, 4) is 0 Å². The summed E-state index contributed by atoms with van der Waals surface area (Å²) in [6.45, 7) is 5.64. The molecule has 0 saturated heterocycles. The zero-order chi connectivity index (χ0) is 14.5. The summed E-state index contributed by atoms with van der Waals surface area (Å²) in [6.07, 6.45) is 3.71. The summed E-state index contributed by atoms with van der Waals surface area (Å²) in [7, 11) is 0. The van der Waals surface area contributed by atoms with E-state index in [9.17, 15) is 10.1 Å². The van der Waals surface area contributed by atoms with Crippen LogP contribution >= 0.6 is 11.3 Å². The van der Waals surface area contributed by atoms with Crippen LogP contribution in [0.5, 0.6) is 0 Å². The number of aliphatic imine (C=N–C) groups is 1. The van der Waals surface area contributed by atoms with Crippen LogP contribution in [0.4, 0.5) is 0 Å². The third kappa shape index (κ3) is 3.25. The summed E-state index contributed by atoms with van der Waals surface area (Å²) in [5.41, 5.74) is 0.961. The number of rotatable bonds is 6. The molecule has 0 amide bonds. The number of unbranched alkanes of at least 4 members (excludes halogenated alkanes) is 1.